The van der Waals surface area contributed by atoms with Crippen molar-refractivity contribution in [1.82, 2.24) is 5.43 Å². The molecule has 24 heavy (non-hydrogen) atoms. The van der Waals surface area contributed by atoms with Gasteiger partial charge in [0.15, 0.2) is 11.5 Å². The molecule has 0 aromatic heterocycles. The van der Waals surface area contributed by atoms with Crippen LogP contribution in [0.3, 0.4) is 0 Å². The highest BCUT2D eigenvalue weighted by molar-refractivity contribution is 8.00. The van der Waals surface area contributed by atoms with E-state index in [1.165, 1.54) is 24.0 Å². The predicted octanol–water partition coefficient (Wildman–Crippen LogP) is 3.42. The van der Waals surface area contributed by atoms with Gasteiger partial charge >= 0.3 is 0 Å². The monoisotopic (exact) mass is 344 g/mol. The second-order valence-electron chi connectivity index (χ2n) is 4.97. The van der Waals surface area contributed by atoms with E-state index in [4.69, 9.17) is 4.74 Å². The van der Waals surface area contributed by atoms with Gasteiger partial charge < -0.3 is 9.84 Å². The number of aromatic hydroxyl groups is 1. The van der Waals surface area contributed by atoms with Crippen molar-refractivity contribution in [2.24, 2.45) is 5.10 Å². The van der Waals surface area contributed by atoms with Gasteiger partial charge in [-0.05, 0) is 49.7 Å². The maximum atomic E-state index is 12.1. The number of benzene rings is 2. The Labute approximate surface area is 145 Å². The van der Waals surface area contributed by atoms with E-state index in [-0.39, 0.29) is 16.9 Å². The quantitative estimate of drug-likeness (QED) is 0.459. The average molecular weight is 344 g/mol. The molecule has 0 heterocycles. The Morgan fingerprint density at radius 2 is 2.08 bits per heavy atom. The summed E-state index contributed by atoms with van der Waals surface area (Å²) in [6.45, 7) is 4.13. The third-order valence-electron chi connectivity index (χ3n) is 3.10. The summed E-state index contributed by atoms with van der Waals surface area (Å²) in [5.41, 5.74) is 3.25. The van der Waals surface area contributed by atoms with Crippen LogP contribution in [0.4, 0.5) is 0 Å². The van der Waals surface area contributed by atoms with Crippen LogP contribution in [0, 0.1) is 0 Å². The summed E-state index contributed by atoms with van der Waals surface area (Å²) in [7, 11) is 0. The second kappa shape index (κ2) is 8.98. The first kappa shape index (κ1) is 17.9. The molecule has 6 heteroatoms. The summed E-state index contributed by atoms with van der Waals surface area (Å²) in [6.07, 6.45) is 1.51. The SMILES string of the molecule is CCOc1cc(/C=N\NC(=O)[C@@H](C)Sc2ccccc2)ccc1O. The number of thioether (sulfide) groups is 1. The van der Waals surface area contributed by atoms with Crippen LogP contribution in [0.5, 0.6) is 11.5 Å². The van der Waals surface area contributed by atoms with Gasteiger partial charge in [0.1, 0.15) is 0 Å². The van der Waals surface area contributed by atoms with Crippen molar-refractivity contribution in [3.63, 3.8) is 0 Å². The molecule has 126 valence electrons. The normalized spacial score (nSPS) is 12.1. The number of hydrazone groups is 1. The summed E-state index contributed by atoms with van der Waals surface area (Å²) < 4.78 is 5.31. The van der Waals surface area contributed by atoms with E-state index >= 15 is 0 Å². The van der Waals surface area contributed by atoms with Gasteiger partial charge in [-0.15, -0.1) is 11.8 Å². The van der Waals surface area contributed by atoms with Gasteiger partial charge in [0.2, 0.25) is 0 Å². The number of nitrogens with zero attached hydrogens (tertiary/aromatic N) is 1. The first-order chi connectivity index (χ1) is 11.6. The van der Waals surface area contributed by atoms with Crippen molar-refractivity contribution in [2.75, 3.05) is 6.61 Å². The largest absolute Gasteiger partial charge is 0.504 e. The van der Waals surface area contributed by atoms with Crippen molar-refractivity contribution in [2.45, 2.75) is 24.0 Å². The molecule has 0 aliphatic carbocycles. The fourth-order valence-electron chi connectivity index (χ4n) is 1.90. The molecule has 2 aromatic carbocycles. The Morgan fingerprint density at radius 1 is 1.33 bits per heavy atom. The Morgan fingerprint density at radius 3 is 2.79 bits per heavy atom. The zero-order valence-electron chi connectivity index (χ0n) is 13.6. The molecule has 5 nitrogen and oxygen atoms in total. The molecule has 0 aliphatic heterocycles. The molecule has 0 aliphatic rings. The number of ether oxygens (including phenoxy) is 1. The van der Waals surface area contributed by atoms with Crippen LogP contribution >= 0.6 is 11.8 Å². The minimum atomic E-state index is -0.261. The Kier molecular flexibility index (Phi) is 6.69. The lowest BCUT2D eigenvalue weighted by molar-refractivity contribution is -0.120. The molecule has 2 rings (SSSR count). The van der Waals surface area contributed by atoms with Gasteiger partial charge in [0.05, 0.1) is 18.1 Å². The van der Waals surface area contributed by atoms with Gasteiger partial charge in [-0.2, -0.15) is 5.10 Å². The molecule has 0 unspecified atom stereocenters. The highest BCUT2D eigenvalue weighted by Gasteiger charge is 2.13. The highest BCUT2D eigenvalue weighted by atomic mass is 32.2. The van der Waals surface area contributed by atoms with E-state index in [1.807, 2.05) is 44.2 Å². The summed E-state index contributed by atoms with van der Waals surface area (Å²) in [5.74, 6) is 0.288. The molecule has 1 amide bonds. The molecule has 0 spiro atoms. The van der Waals surface area contributed by atoms with Gasteiger partial charge in [-0.1, -0.05) is 18.2 Å². The van der Waals surface area contributed by atoms with E-state index in [2.05, 4.69) is 10.5 Å². The zero-order valence-corrected chi connectivity index (χ0v) is 14.4. The molecular weight excluding hydrogens is 324 g/mol. The maximum absolute atomic E-state index is 12.1. The fraction of sp³-hybridized carbons (Fsp3) is 0.222. The van der Waals surface area contributed by atoms with Gasteiger partial charge in [0.25, 0.3) is 5.91 Å². The lowest BCUT2D eigenvalue weighted by Crippen LogP contribution is -2.26. The molecule has 2 aromatic rings. The topological polar surface area (TPSA) is 70.9 Å². The summed E-state index contributed by atoms with van der Waals surface area (Å²) in [5, 5.41) is 13.3. The van der Waals surface area contributed by atoms with Crippen LogP contribution in [0.1, 0.15) is 19.4 Å². The Balaban J connectivity index is 1.91. The second-order valence-corrected chi connectivity index (χ2v) is 6.38. The summed E-state index contributed by atoms with van der Waals surface area (Å²) >= 11 is 1.47. The van der Waals surface area contributed by atoms with Crippen molar-refractivity contribution in [1.29, 1.82) is 0 Å². The zero-order chi connectivity index (χ0) is 17.4. The van der Waals surface area contributed by atoms with E-state index in [9.17, 15) is 9.90 Å². The third-order valence-corrected chi connectivity index (χ3v) is 4.21. The number of amides is 1. The van der Waals surface area contributed by atoms with E-state index < -0.39 is 0 Å². The number of hydrogen-bond acceptors (Lipinski definition) is 5. The van der Waals surface area contributed by atoms with E-state index in [0.717, 1.165) is 10.5 Å². The molecule has 0 fully saturated rings. The maximum Gasteiger partial charge on any atom is 0.253 e. The summed E-state index contributed by atoms with van der Waals surface area (Å²) in [4.78, 5) is 13.1. The number of carbonyl (C=O) groups is 1. The first-order valence-corrected chi connectivity index (χ1v) is 8.48. The van der Waals surface area contributed by atoms with Crippen LogP contribution in [0.2, 0.25) is 0 Å². The standard InChI is InChI=1S/C18H20N2O3S/c1-3-23-17-11-14(9-10-16(17)21)12-19-20-18(22)13(2)24-15-7-5-4-6-8-15/h4-13,21H,3H2,1-2H3,(H,20,22)/b19-12-/t13-/m1/s1. The van der Waals surface area contributed by atoms with Gasteiger partial charge in [-0.3, -0.25) is 4.79 Å². The van der Waals surface area contributed by atoms with Gasteiger partial charge in [0, 0.05) is 4.90 Å². The van der Waals surface area contributed by atoms with Crippen LogP contribution in [0.15, 0.2) is 58.5 Å². The Bertz CT molecular complexity index is 705. The van der Waals surface area contributed by atoms with E-state index in [0.29, 0.717) is 12.4 Å². The molecule has 1 atom stereocenters. The molecule has 0 saturated carbocycles. The fourth-order valence-corrected chi connectivity index (χ4v) is 2.78. The molecule has 0 radical (unpaired) electrons. The molecular formula is C18H20N2O3S. The molecule has 0 bridgehead atoms. The number of phenolic OH excluding ortho intramolecular Hbond substituents is 1. The number of rotatable bonds is 7. The first-order valence-electron chi connectivity index (χ1n) is 7.60. The molecule has 2 N–H and O–H groups in total. The number of hydrogen-bond donors (Lipinski definition) is 2. The van der Waals surface area contributed by atoms with Crippen molar-refractivity contribution >= 4 is 23.9 Å². The van der Waals surface area contributed by atoms with Crippen molar-refractivity contribution < 1.29 is 14.6 Å². The lowest BCUT2D eigenvalue weighted by atomic mass is 10.2. The van der Waals surface area contributed by atoms with E-state index in [1.54, 1.807) is 12.1 Å². The average Bonchev–Trinajstić information content (AvgIpc) is 2.58. The Hall–Kier alpha value is -2.47. The highest BCUT2D eigenvalue weighted by Crippen LogP contribution is 2.26. The number of phenols is 1. The lowest BCUT2D eigenvalue weighted by Gasteiger charge is -2.09. The van der Waals surface area contributed by atoms with Crippen LogP contribution in [-0.4, -0.2) is 29.1 Å². The van der Waals surface area contributed by atoms with Crippen LogP contribution < -0.4 is 10.2 Å². The molecule has 0 saturated heterocycles. The smallest absolute Gasteiger partial charge is 0.253 e. The van der Waals surface area contributed by atoms with Crippen LogP contribution in [-0.2, 0) is 4.79 Å². The van der Waals surface area contributed by atoms with Crippen molar-refractivity contribution in [3.8, 4) is 11.5 Å². The minimum Gasteiger partial charge on any atom is -0.504 e. The van der Waals surface area contributed by atoms with Gasteiger partial charge in [-0.25, -0.2) is 5.43 Å². The number of nitrogens with one attached hydrogen (secondary N) is 1. The predicted molar refractivity (Wildman–Crippen MR) is 96.8 cm³/mol. The summed E-state index contributed by atoms with van der Waals surface area (Å²) in [6, 6.07) is 14.6. The number of carbonyl (C=O) groups excluding carboxylic acids is 1. The van der Waals surface area contributed by atoms with Crippen molar-refractivity contribution in [3.05, 3.63) is 54.1 Å². The third kappa shape index (κ3) is 5.31. The van der Waals surface area contributed by atoms with Crippen LogP contribution in [0.25, 0.3) is 0 Å². The minimum absolute atomic E-state index is 0.0749.